The van der Waals surface area contributed by atoms with Crippen molar-refractivity contribution in [2.24, 2.45) is 0 Å². The van der Waals surface area contributed by atoms with Gasteiger partial charge in [0, 0.05) is 5.56 Å². The van der Waals surface area contributed by atoms with Gasteiger partial charge in [0.1, 0.15) is 0 Å². The number of hydrogen-bond donors (Lipinski definition) is 2. The summed E-state index contributed by atoms with van der Waals surface area (Å²) in [5.74, 6) is -0.460. The molecule has 160 valence electrons. The Morgan fingerprint density at radius 1 is 1.13 bits per heavy atom. The van der Waals surface area contributed by atoms with E-state index in [4.69, 9.17) is 23.1 Å². The van der Waals surface area contributed by atoms with Gasteiger partial charge in [-0.3, -0.25) is 0 Å². The van der Waals surface area contributed by atoms with Crippen LogP contribution in [0.1, 0.15) is 18.9 Å². The first kappa shape index (κ1) is 21.9. The molecule has 30 heavy (non-hydrogen) atoms. The van der Waals surface area contributed by atoms with Crippen molar-refractivity contribution in [1.82, 2.24) is 14.8 Å². The van der Waals surface area contributed by atoms with Crippen molar-refractivity contribution < 1.29 is 21.6 Å². The molecule has 0 spiro atoms. The number of rotatable bonds is 5. The van der Waals surface area contributed by atoms with Crippen LogP contribution in [-0.4, -0.2) is 28.9 Å². The first-order valence-electron chi connectivity index (χ1n) is 8.66. The maximum Gasteiger partial charge on any atom is 0.417 e. The van der Waals surface area contributed by atoms with Crippen molar-refractivity contribution in [2.75, 3.05) is 17.2 Å². The van der Waals surface area contributed by atoms with Gasteiger partial charge in [-0.1, -0.05) is 30.7 Å². The van der Waals surface area contributed by atoms with Gasteiger partial charge in [-0.2, -0.15) is 22.8 Å². The lowest BCUT2D eigenvalue weighted by Crippen LogP contribution is -2.11. The Kier molecular flexibility index (Phi) is 5.70. The minimum absolute atomic E-state index is 0.0280. The Morgan fingerprint density at radius 2 is 1.77 bits per heavy atom. The fourth-order valence-corrected chi connectivity index (χ4v) is 4.62. The highest BCUT2D eigenvalue weighted by Gasteiger charge is 2.36. The minimum atomic E-state index is -4.76. The van der Waals surface area contributed by atoms with Crippen molar-refractivity contribution in [1.29, 1.82) is 0 Å². The highest BCUT2D eigenvalue weighted by molar-refractivity contribution is 7.91. The van der Waals surface area contributed by atoms with E-state index in [0.717, 1.165) is 10.7 Å². The highest BCUT2D eigenvalue weighted by Crippen LogP contribution is 2.42. The van der Waals surface area contributed by atoms with Crippen LogP contribution in [0, 0.1) is 0 Å². The van der Waals surface area contributed by atoms with Gasteiger partial charge < -0.3 is 11.5 Å². The molecular weight excluding hydrogens is 443 g/mol. The number of nitrogens with zero attached hydrogens (tertiary/aromatic N) is 3. The number of benzene rings is 2. The number of nitrogens with two attached hydrogens (primary N) is 2. The summed E-state index contributed by atoms with van der Waals surface area (Å²) >= 11 is 6.21. The quantitative estimate of drug-likeness (QED) is 0.596. The average molecular weight is 460 g/mol. The smallest absolute Gasteiger partial charge is 0.368 e. The molecule has 4 N–H and O–H groups in total. The van der Waals surface area contributed by atoms with Gasteiger partial charge in [-0.25, -0.2) is 8.42 Å². The summed E-state index contributed by atoms with van der Waals surface area (Å²) < 4.78 is 66.8. The van der Waals surface area contributed by atoms with E-state index in [1.165, 1.54) is 30.3 Å². The molecule has 0 saturated heterocycles. The molecule has 0 aliphatic rings. The number of sulfone groups is 1. The minimum Gasteiger partial charge on any atom is -0.368 e. The first-order chi connectivity index (χ1) is 13.9. The van der Waals surface area contributed by atoms with Crippen molar-refractivity contribution >= 4 is 33.3 Å². The van der Waals surface area contributed by atoms with E-state index in [0.29, 0.717) is 6.42 Å². The van der Waals surface area contributed by atoms with Crippen LogP contribution in [0.3, 0.4) is 0 Å². The molecule has 1 aromatic heterocycles. The third kappa shape index (κ3) is 4.21. The number of aromatic nitrogens is 3. The van der Waals surface area contributed by atoms with Gasteiger partial charge in [-0.05, 0) is 36.2 Å². The zero-order valence-corrected chi connectivity index (χ0v) is 17.2. The monoisotopic (exact) mass is 459 g/mol. The third-order valence-corrected chi connectivity index (χ3v) is 6.48. The largest absolute Gasteiger partial charge is 0.417 e. The van der Waals surface area contributed by atoms with Crippen LogP contribution in [0.4, 0.5) is 25.1 Å². The fourth-order valence-electron chi connectivity index (χ4n) is 2.98. The zero-order chi connectivity index (χ0) is 22.3. The van der Waals surface area contributed by atoms with Crippen molar-refractivity contribution in [2.45, 2.75) is 24.4 Å². The molecule has 7 nitrogen and oxygen atoms in total. The van der Waals surface area contributed by atoms with Crippen LogP contribution in [0.25, 0.3) is 16.8 Å². The predicted octanol–water partition coefficient (Wildman–Crippen LogP) is 3.95. The maximum atomic E-state index is 13.8. The van der Waals surface area contributed by atoms with Gasteiger partial charge in [0.25, 0.3) is 0 Å². The molecule has 2 aromatic carbocycles. The average Bonchev–Trinajstić information content (AvgIpc) is 2.98. The van der Waals surface area contributed by atoms with Crippen molar-refractivity contribution in [3.05, 3.63) is 47.0 Å². The van der Waals surface area contributed by atoms with E-state index >= 15 is 0 Å². The second-order valence-electron chi connectivity index (χ2n) is 6.43. The highest BCUT2D eigenvalue weighted by atomic mass is 35.5. The standard InChI is InChI=1S/C18H17ClF3N5O2S/c1-2-7-30(28,29)12-5-3-10(4-6-12)15-13(18(20,21)22)8-11(9-14(15)19)27-17(24)25-16(23)26-27/h3-6,8-9H,2,7H2,1H3,(H4,23,24,25,26). The Morgan fingerprint density at radius 3 is 2.27 bits per heavy atom. The molecule has 1 heterocycles. The van der Waals surface area contributed by atoms with Gasteiger partial charge in [0.05, 0.1) is 26.9 Å². The van der Waals surface area contributed by atoms with E-state index in [-0.39, 0.29) is 44.4 Å². The fraction of sp³-hybridized carbons (Fsp3) is 0.222. The van der Waals surface area contributed by atoms with E-state index < -0.39 is 21.6 Å². The lowest BCUT2D eigenvalue weighted by molar-refractivity contribution is -0.137. The maximum absolute atomic E-state index is 13.8. The molecule has 0 fully saturated rings. The zero-order valence-electron chi connectivity index (χ0n) is 15.6. The molecule has 0 aliphatic carbocycles. The number of halogens is 4. The van der Waals surface area contributed by atoms with Gasteiger partial charge in [0.15, 0.2) is 9.84 Å². The summed E-state index contributed by atoms with van der Waals surface area (Å²) in [4.78, 5) is 3.69. The van der Waals surface area contributed by atoms with Gasteiger partial charge in [0.2, 0.25) is 11.9 Å². The van der Waals surface area contributed by atoms with Crippen LogP contribution in [-0.2, 0) is 16.0 Å². The van der Waals surface area contributed by atoms with Crippen LogP contribution in [0.15, 0.2) is 41.3 Å². The molecule has 0 amide bonds. The van der Waals surface area contributed by atoms with Crippen molar-refractivity contribution in [3.63, 3.8) is 0 Å². The topological polar surface area (TPSA) is 117 Å². The second-order valence-corrected chi connectivity index (χ2v) is 8.95. The Balaban J connectivity index is 2.16. The molecule has 0 saturated carbocycles. The lowest BCUT2D eigenvalue weighted by Gasteiger charge is -2.17. The first-order valence-corrected chi connectivity index (χ1v) is 10.7. The normalized spacial score (nSPS) is 12.3. The molecule has 0 aliphatic heterocycles. The van der Waals surface area contributed by atoms with E-state index in [1.54, 1.807) is 6.92 Å². The summed E-state index contributed by atoms with van der Waals surface area (Å²) in [5, 5.41) is 3.54. The van der Waals surface area contributed by atoms with E-state index in [1.807, 2.05) is 0 Å². The molecule has 0 unspecified atom stereocenters. The summed E-state index contributed by atoms with van der Waals surface area (Å²) in [6, 6.07) is 7.19. The summed E-state index contributed by atoms with van der Waals surface area (Å²) in [7, 11) is -3.50. The molecule has 3 aromatic rings. The predicted molar refractivity (Wildman–Crippen MR) is 108 cm³/mol. The molecular formula is C18H17ClF3N5O2S. The number of nitrogen functional groups attached to an aromatic ring is 2. The summed E-state index contributed by atoms with van der Waals surface area (Å²) in [6.45, 7) is 1.72. The van der Waals surface area contributed by atoms with Gasteiger partial charge in [-0.15, -0.1) is 5.10 Å². The van der Waals surface area contributed by atoms with Crippen LogP contribution >= 0.6 is 11.6 Å². The van der Waals surface area contributed by atoms with E-state index in [2.05, 4.69) is 10.1 Å². The summed E-state index contributed by atoms with van der Waals surface area (Å²) in [5.41, 5.74) is 9.80. The number of alkyl halides is 3. The van der Waals surface area contributed by atoms with Gasteiger partial charge >= 0.3 is 6.18 Å². The van der Waals surface area contributed by atoms with Crippen LogP contribution in [0.5, 0.6) is 0 Å². The summed E-state index contributed by atoms with van der Waals surface area (Å²) in [6.07, 6.45) is -4.34. The van der Waals surface area contributed by atoms with Crippen molar-refractivity contribution in [3.8, 4) is 16.8 Å². The van der Waals surface area contributed by atoms with E-state index in [9.17, 15) is 21.6 Å². The number of hydrogen-bond acceptors (Lipinski definition) is 6. The Hall–Kier alpha value is -2.79. The molecule has 0 radical (unpaired) electrons. The Labute approximate surface area is 175 Å². The SMILES string of the molecule is CCCS(=O)(=O)c1ccc(-c2c(Cl)cc(-n3nc(N)nc3N)cc2C(F)(F)F)cc1. The molecule has 3 rings (SSSR count). The Bertz CT molecular complexity index is 1190. The second kappa shape index (κ2) is 7.80. The molecule has 12 heteroatoms. The number of anilines is 2. The molecule has 0 bridgehead atoms. The molecule has 0 atom stereocenters. The third-order valence-electron chi connectivity index (χ3n) is 4.25. The van der Waals surface area contributed by atoms with Crippen LogP contribution in [0.2, 0.25) is 5.02 Å². The lowest BCUT2D eigenvalue weighted by atomic mass is 9.98. The van der Waals surface area contributed by atoms with Crippen LogP contribution < -0.4 is 11.5 Å².